The summed E-state index contributed by atoms with van der Waals surface area (Å²) in [6.45, 7) is 8.63. The van der Waals surface area contributed by atoms with Crippen LogP contribution in [0.25, 0.3) is 0 Å². The molecule has 0 amide bonds. The lowest BCUT2D eigenvalue weighted by atomic mass is 10.0. The van der Waals surface area contributed by atoms with Crippen molar-refractivity contribution in [1.29, 1.82) is 0 Å². The number of nitrogens with one attached hydrogen (secondary N) is 2. The number of rotatable bonds is 11. The van der Waals surface area contributed by atoms with Crippen LogP contribution in [-0.2, 0) is 22.6 Å². The molecule has 0 unspecified atom stereocenters. The van der Waals surface area contributed by atoms with Crippen LogP contribution in [0.3, 0.4) is 0 Å². The van der Waals surface area contributed by atoms with E-state index in [2.05, 4.69) is 51.4 Å². The summed E-state index contributed by atoms with van der Waals surface area (Å²) in [5.74, 6) is 1.51. The summed E-state index contributed by atoms with van der Waals surface area (Å²) in [6.07, 6.45) is 8.83. The summed E-state index contributed by atoms with van der Waals surface area (Å²) < 4.78 is 13.3. The molecule has 0 saturated carbocycles. The molecule has 3 rings (SSSR count). The van der Waals surface area contributed by atoms with Gasteiger partial charge in [-0.3, -0.25) is 0 Å². The highest BCUT2D eigenvalue weighted by Gasteiger charge is 2.13. The first-order chi connectivity index (χ1) is 14.8. The van der Waals surface area contributed by atoms with Gasteiger partial charge in [0.15, 0.2) is 5.96 Å². The molecule has 1 saturated heterocycles. The van der Waals surface area contributed by atoms with Crippen molar-refractivity contribution in [2.75, 3.05) is 39.5 Å². The van der Waals surface area contributed by atoms with E-state index in [1.54, 1.807) is 6.20 Å². The summed E-state index contributed by atoms with van der Waals surface area (Å²) in [7, 11) is 0. The number of ether oxygens (including phenoxy) is 2. The van der Waals surface area contributed by atoms with Crippen LogP contribution in [0.5, 0.6) is 0 Å². The van der Waals surface area contributed by atoms with Crippen molar-refractivity contribution in [2.24, 2.45) is 10.9 Å². The molecule has 2 N–H and O–H groups in total. The van der Waals surface area contributed by atoms with E-state index in [9.17, 15) is 0 Å². The Bertz CT molecular complexity index is 748. The van der Waals surface area contributed by atoms with Gasteiger partial charge >= 0.3 is 0 Å². The predicted octanol–water partition coefficient (Wildman–Crippen LogP) is 3.44. The number of nitrogens with zero attached hydrogens (tertiary/aromatic N) is 3. The SMILES string of the molecule is CCNC(=NCc1cccc(Cn2ccnc2)c1)NCCCOCC1CCOCC1.I. The molecule has 1 aliphatic rings. The lowest BCUT2D eigenvalue weighted by Crippen LogP contribution is -2.38. The first-order valence-electron chi connectivity index (χ1n) is 11.0. The van der Waals surface area contributed by atoms with Gasteiger partial charge in [0.1, 0.15) is 0 Å². The van der Waals surface area contributed by atoms with E-state index in [4.69, 9.17) is 14.5 Å². The van der Waals surface area contributed by atoms with Crippen molar-refractivity contribution in [3.8, 4) is 0 Å². The Labute approximate surface area is 203 Å². The minimum atomic E-state index is 0. The molecule has 2 aromatic rings. The number of hydrogen-bond donors (Lipinski definition) is 2. The highest BCUT2D eigenvalue weighted by atomic mass is 127. The molecule has 1 aromatic heterocycles. The molecule has 1 aliphatic heterocycles. The molecule has 1 aromatic carbocycles. The first-order valence-corrected chi connectivity index (χ1v) is 11.0. The molecule has 31 heavy (non-hydrogen) atoms. The largest absolute Gasteiger partial charge is 0.381 e. The van der Waals surface area contributed by atoms with E-state index < -0.39 is 0 Å². The molecule has 0 aliphatic carbocycles. The Morgan fingerprint density at radius 2 is 2.10 bits per heavy atom. The summed E-state index contributed by atoms with van der Waals surface area (Å²) in [6, 6.07) is 8.55. The lowest BCUT2D eigenvalue weighted by Gasteiger charge is -2.21. The smallest absolute Gasteiger partial charge is 0.191 e. The van der Waals surface area contributed by atoms with Crippen LogP contribution >= 0.6 is 24.0 Å². The van der Waals surface area contributed by atoms with Gasteiger partial charge in [-0.15, -0.1) is 24.0 Å². The van der Waals surface area contributed by atoms with Gasteiger partial charge in [0.2, 0.25) is 0 Å². The summed E-state index contributed by atoms with van der Waals surface area (Å²) in [5.41, 5.74) is 2.45. The van der Waals surface area contributed by atoms with Gasteiger partial charge in [-0.05, 0) is 43.2 Å². The fourth-order valence-electron chi connectivity index (χ4n) is 3.47. The van der Waals surface area contributed by atoms with Gasteiger partial charge in [-0.1, -0.05) is 24.3 Å². The van der Waals surface area contributed by atoms with Crippen LogP contribution in [0.2, 0.25) is 0 Å². The van der Waals surface area contributed by atoms with Crippen molar-refractivity contribution < 1.29 is 9.47 Å². The normalized spacial score (nSPS) is 14.8. The molecule has 2 heterocycles. The zero-order valence-electron chi connectivity index (χ0n) is 18.5. The lowest BCUT2D eigenvalue weighted by molar-refractivity contribution is 0.0203. The van der Waals surface area contributed by atoms with Gasteiger partial charge in [0.25, 0.3) is 0 Å². The molecular weight excluding hydrogens is 505 g/mol. The van der Waals surface area contributed by atoms with Crippen molar-refractivity contribution >= 4 is 29.9 Å². The standard InChI is InChI=1S/C23H35N5O2.HI/c1-2-25-23(26-9-4-12-30-18-20-7-13-29-14-8-20)27-16-21-5-3-6-22(15-21)17-28-11-10-24-19-28;/h3,5-6,10-11,15,19-20H,2,4,7-9,12-14,16-18H2,1H3,(H2,25,26,27);1H. The third-order valence-corrected chi connectivity index (χ3v) is 5.13. The number of hydrogen-bond acceptors (Lipinski definition) is 4. The molecule has 8 heteroatoms. The zero-order valence-corrected chi connectivity index (χ0v) is 20.8. The van der Waals surface area contributed by atoms with Gasteiger partial charge in [0.05, 0.1) is 12.9 Å². The van der Waals surface area contributed by atoms with Crippen LogP contribution in [0.4, 0.5) is 0 Å². The third kappa shape index (κ3) is 10.0. The summed E-state index contributed by atoms with van der Waals surface area (Å²) in [4.78, 5) is 8.84. The molecule has 0 bridgehead atoms. The number of imidazole rings is 1. The molecule has 0 atom stereocenters. The van der Waals surface area contributed by atoms with E-state index in [0.717, 1.165) is 71.3 Å². The number of aliphatic imine (C=N–C) groups is 1. The number of aromatic nitrogens is 2. The number of guanidine groups is 1. The second-order valence-electron chi connectivity index (χ2n) is 7.66. The maximum Gasteiger partial charge on any atom is 0.191 e. The zero-order chi connectivity index (χ0) is 20.9. The third-order valence-electron chi connectivity index (χ3n) is 5.13. The molecule has 7 nitrogen and oxygen atoms in total. The maximum atomic E-state index is 5.84. The second-order valence-corrected chi connectivity index (χ2v) is 7.66. The number of benzene rings is 1. The van der Waals surface area contributed by atoms with Crippen molar-refractivity contribution in [1.82, 2.24) is 20.2 Å². The Morgan fingerprint density at radius 1 is 1.26 bits per heavy atom. The monoisotopic (exact) mass is 541 g/mol. The van der Waals surface area contributed by atoms with Crippen molar-refractivity contribution in [2.45, 2.75) is 39.3 Å². The topological polar surface area (TPSA) is 72.7 Å². The maximum absolute atomic E-state index is 5.84. The molecular formula is C23H36IN5O2. The fraction of sp³-hybridized carbons (Fsp3) is 0.565. The fourth-order valence-corrected chi connectivity index (χ4v) is 3.47. The van der Waals surface area contributed by atoms with Crippen molar-refractivity contribution in [3.05, 3.63) is 54.1 Å². The van der Waals surface area contributed by atoms with Crippen LogP contribution in [0.1, 0.15) is 37.3 Å². The van der Waals surface area contributed by atoms with Crippen molar-refractivity contribution in [3.63, 3.8) is 0 Å². The molecule has 1 fully saturated rings. The van der Waals surface area contributed by atoms with Crippen LogP contribution in [-0.4, -0.2) is 55.0 Å². The van der Waals surface area contributed by atoms with Crippen LogP contribution < -0.4 is 10.6 Å². The number of halogens is 1. The minimum Gasteiger partial charge on any atom is -0.381 e. The minimum absolute atomic E-state index is 0. The summed E-state index contributed by atoms with van der Waals surface area (Å²) >= 11 is 0. The Kier molecular flexibility index (Phi) is 12.6. The van der Waals surface area contributed by atoms with E-state index in [0.29, 0.717) is 12.5 Å². The highest BCUT2D eigenvalue weighted by Crippen LogP contribution is 2.14. The second kappa shape index (κ2) is 15.2. The van der Waals surface area contributed by atoms with Gasteiger partial charge in [-0.2, -0.15) is 0 Å². The molecule has 172 valence electrons. The molecule has 0 radical (unpaired) electrons. The van der Waals surface area contributed by atoms with Gasteiger partial charge in [-0.25, -0.2) is 9.98 Å². The van der Waals surface area contributed by atoms with Gasteiger partial charge in [0, 0.05) is 58.5 Å². The van der Waals surface area contributed by atoms with E-state index >= 15 is 0 Å². The quantitative estimate of drug-likeness (QED) is 0.198. The van der Waals surface area contributed by atoms with Crippen LogP contribution in [0, 0.1) is 5.92 Å². The Balaban J connectivity index is 0.00000341. The summed E-state index contributed by atoms with van der Waals surface area (Å²) in [5, 5.41) is 6.73. The average molecular weight is 541 g/mol. The Hall–Kier alpha value is -1.65. The van der Waals surface area contributed by atoms with E-state index in [-0.39, 0.29) is 24.0 Å². The van der Waals surface area contributed by atoms with Gasteiger partial charge < -0.3 is 24.7 Å². The van der Waals surface area contributed by atoms with E-state index in [1.165, 1.54) is 11.1 Å². The van der Waals surface area contributed by atoms with Crippen LogP contribution in [0.15, 0.2) is 48.0 Å². The first kappa shape index (κ1) is 25.6. The Morgan fingerprint density at radius 3 is 2.87 bits per heavy atom. The highest BCUT2D eigenvalue weighted by molar-refractivity contribution is 14.0. The molecule has 0 spiro atoms. The van der Waals surface area contributed by atoms with E-state index in [1.807, 2.05) is 12.5 Å². The average Bonchev–Trinajstić information content (AvgIpc) is 3.28. The predicted molar refractivity (Wildman–Crippen MR) is 135 cm³/mol.